The molecule has 2 N–H and O–H groups in total. The van der Waals surface area contributed by atoms with Gasteiger partial charge in [-0.1, -0.05) is 23.8 Å². The summed E-state index contributed by atoms with van der Waals surface area (Å²) in [4.78, 5) is 11.3. The first kappa shape index (κ1) is 13.1. The predicted octanol–water partition coefficient (Wildman–Crippen LogP) is 0.689. The average molecular weight is 294 g/mol. The Morgan fingerprint density at radius 3 is 2.60 bits per heavy atom. The number of aryl methyl sites for hydroxylation is 1. The third-order valence-electron chi connectivity index (χ3n) is 3.40. The Labute approximate surface area is 116 Å². The smallest absolute Gasteiger partial charge is 0.408 e. The lowest BCUT2D eigenvalue weighted by molar-refractivity contribution is 0.155. The van der Waals surface area contributed by atoms with Crippen molar-refractivity contribution >= 4 is 16.1 Å². The van der Waals surface area contributed by atoms with Crippen LogP contribution in [0, 0.1) is 6.92 Å². The van der Waals surface area contributed by atoms with Gasteiger partial charge in [0, 0.05) is 0 Å². The quantitative estimate of drug-likeness (QED) is 0.803. The lowest BCUT2D eigenvalue weighted by atomic mass is 10.1. The molecule has 1 amide bonds. The van der Waals surface area contributed by atoms with Gasteiger partial charge in [0.05, 0.1) is 17.0 Å². The van der Waals surface area contributed by atoms with Gasteiger partial charge in [-0.2, -0.15) is 0 Å². The fourth-order valence-corrected chi connectivity index (χ4v) is 3.54. The first-order valence-corrected chi connectivity index (χ1v) is 7.68. The van der Waals surface area contributed by atoms with Gasteiger partial charge in [-0.25, -0.2) is 17.9 Å². The molecule has 106 valence electrons. The van der Waals surface area contributed by atoms with E-state index in [1.807, 2.05) is 6.92 Å². The standard InChI is InChI=1S/C13H14N2O4S/c1-8-2-4-9(5-3-8)20(17,18)15-10-6-7-11-12(10)14-13(16)19-11/h2-7,10-12,15H,1H3,(H,14,16)/t10-,11-,12+/m1/s1. The molecule has 0 saturated carbocycles. The number of ether oxygens (including phenoxy) is 1. The van der Waals surface area contributed by atoms with Crippen molar-refractivity contribution in [3.63, 3.8) is 0 Å². The van der Waals surface area contributed by atoms with E-state index in [0.29, 0.717) is 0 Å². The maximum atomic E-state index is 12.3. The minimum Gasteiger partial charge on any atom is -0.440 e. The molecule has 6 nitrogen and oxygen atoms in total. The van der Waals surface area contributed by atoms with E-state index in [4.69, 9.17) is 4.74 Å². The van der Waals surface area contributed by atoms with Gasteiger partial charge in [0.25, 0.3) is 0 Å². The molecule has 7 heteroatoms. The van der Waals surface area contributed by atoms with Crippen molar-refractivity contribution in [1.29, 1.82) is 0 Å². The summed E-state index contributed by atoms with van der Waals surface area (Å²) in [6.07, 6.45) is 2.45. The largest absolute Gasteiger partial charge is 0.440 e. The summed E-state index contributed by atoms with van der Waals surface area (Å²) in [6.45, 7) is 1.89. The van der Waals surface area contributed by atoms with Crippen LogP contribution in [0.5, 0.6) is 0 Å². The van der Waals surface area contributed by atoms with Crippen molar-refractivity contribution in [2.24, 2.45) is 0 Å². The summed E-state index contributed by atoms with van der Waals surface area (Å²) < 4.78 is 32.1. The lowest BCUT2D eigenvalue weighted by Crippen LogP contribution is -2.47. The van der Waals surface area contributed by atoms with Crippen LogP contribution >= 0.6 is 0 Å². The van der Waals surface area contributed by atoms with Crippen LogP contribution in [0.1, 0.15) is 5.56 Å². The zero-order valence-corrected chi connectivity index (χ0v) is 11.6. The van der Waals surface area contributed by atoms with Gasteiger partial charge in [0.15, 0.2) is 0 Å². The molecule has 0 radical (unpaired) electrons. The van der Waals surface area contributed by atoms with Gasteiger partial charge in [-0.05, 0) is 25.1 Å². The molecule has 0 spiro atoms. The van der Waals surface area contributed by atoms with Gasteiger partial charge in [0.1, 0.15) is 6.10 Å². The first-order chi connectivity index (χ1) is 9.45. The number of nitrogens with one attached hydrogen (secondary N) is 2. The fraction of sp³-hybridized carbons (Fsp3) is 0.308. The highest BCUT2D eigenvalue weighted by Crippen LogP contribution is 2.22. The number of fused-ring (bicyclic) bond motifs is 1. The maximum Gasteiger partial charge on any atom is 0.408 e. The molecule has 0 aromatic heterocycles. The van der Waals surface area contributed by atoms with Crippen LogP contribution in [0.25, 0.3) is 0 Å². The highest BCUT2D eigenvalue weighted by Gasteiger charge is 2.42. The molecule has 1 aromatic rings. The number of carbonyl (C=O) groups is 1. The van der Waals surface area contributed by atoms with E-state index in [1.165, 1.54) is 0 Å². The molecule has 1 aromatic carbocycles. The second-order valence-corrected chi connectivity index (χ2v) is 6.60. The van der Waals surface area contributed by atoms with E-state index in [0.717, 1.165) is 5.56 Å². The van der Waals surface area contributed by atoms with Crippen molar-refractivity contribution in [2.75, 3.05) is 0 Å². The maximum absolute atomic E-state index is 12.3. The summed E-state index contributed by atoms with van der Waals surface area (Å²) in [6, 6.07) is 5.69. The Balaban J connectivity index is 1.79. The normalized spacial score (nSPS) is 28.1. The summed E-state index contributed by atoms with van der Waals surface area (Å²) in [7, 11) is -3.62. The van der Waals surface area contributed by atoms with E-state index in [-0.39, 0.29) is 10.9 Å². The topological polar surface area (TPSA) is 84.5 Å². The van der Waals surface area contributed by atoms with Gasteiger partial charge in [0.2, 0.25) is 10.0 Å². The SMILES string of the molecule is Cc1ccc(S(=O)(=O)N[C@@H]2C=C[C@H]3OC(=O)N[C@@H]23)cc1. The van der Waals surface area contributed by atoms with Crippen LogP contribution in [0.4, 0.5) is 4.79 Å². The number of rotatable bonds is 3. The predicted molar refractivity (Wildman–Crippen MR) is 71.6 cm³/mol. The van der Waals surface area contributed by atoms with Crippen LogP contribution in [0.2, 0.25) is 0 Å². The van der Waals surface area contributed by atoms with Gasteiger partial charge in [-0.15, -0.1) is 0 Å². The molecular weight excluding hydrogens is 280 g/mol. The summed E-state index contributed by atoms with van der Waals surface area (Å²) in [5.41, 5.74) is 0.987. The summed E-state index contributed by atoms with van der Waals surface area (Å²) >= 11 is 0. The first-order valence-electron chi connectivity index (χ1n) is 6.20. The van der Waals surface area contributed by atoms with Crippen molar-refractivity contribution in [1.82, 2.24) is 10.0 Å². The number of alkyl carbamates (subject to hydrolysis) is 1. The van der Waals surface area contributed by atoms with E-state index >= 15 is 0 Å². The monoisotopic (exact) mass is 294 g/mol. The third-order valence-corrected chi connectivity index (χ3v) is 4.87. The summed E-state index contributed by atoms with van der Waals surface area (Å²) in [5.74, 6) is 0. The Morgan fingerprint density at radius 1 is 1.20 bits per heavy atom. The molecule has 1 fully saturated rings. The number of benzene rings is 1. The fourth-order valence-electron chi connectivity index (χ4n) is 2.33. The zero-order chi connectivity index (χ0) is 14.3. The molecule has 0 unspecified atom stereocenters. The van der Waals surface area contributed by atoms with Crippen molar-refractivity contribution in [2.45, 2.75) is 30.0 Å². The van der Waals surface area contributed by atoms with E-state index < -0.39 is 28.3 Å². The lowest BCUT2D eigenvalue weighted by Gasteiger charge is -2.18. The second-order valence-electron chi connectivity index (χ2n) is 4.89. The van der Waals surface area contributed by atoms with Crippen LogP contribution in [0.3, 0.4) is 0 Å². The molecule has 20 heavy (non-hydrogen) atoms. The highest BCUT2D eigenvalue weighted by molar-refractivity contribution is 7.89. The molecule has 1 aliphatic heterocycles. The Hall–Kier alpha value is -1.86. The summed E-state index contributed by atoms with van der Waals surface area (Å²) in [5, 5.41) is 2.60. The Bertz CT molecular complexity index is 666. The molecule has 1 heterocycles. The minimum absolute atomic E-state index is 0.199. The molecule has 1 saturated heterocycles. The van der Waals surface area contributed by atoms with Crippen LogP contribution in [0.15, 0.2) is 41.3 Å². The van der Waals surface area contributed by atoms with Crippen molar-refractivity contribution in [3.8, 4) is 0 Å². The van der Waals surface area contributed by atoms with Gasteiger partial charge in [-0.3, -0.25) is 0 Å². The number of hydrogen-bond acceptors (Lipinski definition) is 4. The Morgan fingerprint density at radius 2 is 1.90 bits per heavy atom. The Kier molecular flexibility index (Phi) is 3.02. The average Bonchev–Trinajstić information content (AvgIpc) is 2.91. The number of amides is 1. The number of sulfonamides is 1. The van der Waals surface area contributed by atoms with Crippen molar-refractivity contribution < 1.29 is 17.9 Å². The number of carbonyl (C=O) groups excluding carboxylic acids is 1. The zero-order valence-electron chi connectivity index (χ0n) is 10.7. The second kappa shape index (κ2) is 4.60. The van der Waals surface area contributed by atoms with Crippen LogP contribution in [-0.4, -0.2) is 32.7 Å². The van der Waals surface area contributed by atoms with Crippen molar-refractivity contribution in [3.05, 3.63) is 42.0 Å². The van der Waals surface area contributed by atoms with Crippen LogP contribution in [-0.2, 0) is 14.8 Å². The minimum atomic E-state index is -3.62. The third kappa shape index (κ3) is 2.30. The van der Waals surface area contributed by atoms with E-state index in [2.05, 4.69) is 10.0 Å². The van der Waals surface area contributed by atoms with Gasteiger partial charge < -0.3 is 10.1 Å². The molecule has 2 aliphatic rings. The number of hydrogen-bond donors (Lipinski definition) is 2. The molecule has 3 rings (SSSR count). The van der Waals surface area contributed by atoms with Gasteiger partial charge >= 0.3 is 6.09 Å². The molecule has 1 aliphatic carbocycles. The molecular formula is C13H14N2O4S. The van der Waals surface area contributed by atoms with E-state index in [1.54, 1.807) is 36.4 Å². The molecule has 3 atom stereocenters. The molecule has 0 bridgehead atoms. The van der Waals surface area contributed by atoms with E-state index in [9.17, 15) is 13.2 Å². The van der Waals surface area contributed by atoms with Crippen LogP contribution < -0.4 is 10.0 Å². The highest BCUT2D eigenvalue weighted by atomic mass is 32.2.